The largest absolute Gasteiger partial charge is 0.489 e. The van der Waals surface area contributed by atoms with Gasteiger partial charge in [-0.15, -0.1) is 11.3 Å². The monoisotopic (exact) mass is 430 g/mol. The molecule has 0 amide bonds. The lowest BCUT2D eigenvalue weighted by atomic mass is 10.1. The van der Waals surface area contributed by atoms with Crippen LogP contribution in [0.4, 0.5) is 15.8 Å². The summed E-state index contributed by atoms with van der Waals surface area (Å²) >= 11 is 1.21. The number of nitriles is 1. The van der Waals surface area contributed by atoms with Gasteiger partial charge in [0.2, 0.25) is 0 Å². The maximum atomic E-state index is 14.2. The average molecular weight is 430 g/mol. The third-order valence-electron chi connectivity index (χ3n) is 4.47. The van der Waals surface area contributed by atoms with Crippen LogP contribution in [-0.2, 0) is 10.0 Å². The van der Waals surface area contributed by atoms with Crippen molar-refractivity contribution in [2.24, 2.45) is 0 Å². The third-order valence-corrected chi connectivity index (χ3v) is 7.03. The van der Waals surface area contributed by atoms with Crippen LogP contribution in [0.5, 0.6) is 5.75 Å². The number of benzene rings is 2. The van der Waals surface area contributed by atoms with Gasteiger partial charge in [-0.1, -0.05) is 0 Å². The lowest BCUT2D eigenvalue weighted by molar-refractivity contribution is 0.316. The molecule has 0 bridgehead atoms. The molecule has 0 spiro atoms. The van der Waals surface area contributed by atoms with Gasteiger partial charge in [0.15, 0.2) is 5.01 Å². The zero-order chi connectivity index (χ0) is 20.6. The molecule has 0 radical (unpaired) electrons. The minimum atomic E-state index is -4.01. The average Bonchev–Trinajstić information content (AvgIpc) is 3.22. The molecule has 0 atom stereocenters. The summed E-state index contributed by atoms with van der Waals surface area (Å²) in [4.78, 5) is 4.07. The summed E-state index contributed by atoms with van der Waals surface area (Å²) in [6.45, 7) is 0.270. The Morgan fingerprint density at radius 3 is 2.83 bits per heavy atom. The molecular formula is C19H15FN4O3S2. The lowest BCUT2D eigenvalue weighted by Gasteiger charge is -2.30. The number of hydrogen-bond acceptors (Lipinski definition) is 7. The summed E-state index contributed by atoms with van der Waals surface area (Å²) in [5.41, 5.74) is 1.79. The molecule has 10 heteroatoms. The van der Waals surface area contributed by atoms with Gasteiger partial charge in [-0.05, 0) is 36.4 Å². The molecule has 2 heterocycles. The summed E-state index contributed by atoms with van der Waals surface area (Å²) < 4.78 is 47.4. The fourth-order valence-corrected chi connectivity index (χ4v) is 5.13. The van der Waals surface area contributed by atoms with Crippen molar-refractivity contribution in [3.63, 3.8) is 0 Å². The number of halogens is 1. The highest BCUT2D eigenvalue weighted by Gasteiger charge is 2.31. The van der Waals surface area contributed by atoms with E-state index >= 15 is 0 Å². The Kier molecular flexibility index (Phi) is 4.86. The van der Waals surface area contributed by atoms with Crippen molar-refractivity contribution >= 4 is 32.7 Å². The van der Waals surface area contributed by atoms with E-state index < -0.39 is 15.8 Å². The Morgan fingerprint density at radius 1 is 1.31 bits per heavy atom. The lowest BCUT2D eigenvalue weighted by Crippen LogP contribution is -2.38. The first-order valence-electron chi connectivity index (χ1n) is 8.57. The molecule has 0 fully saturated rings. The van der Waals surface area contributed by atoms with E-state index in [1.54, 1.807) is 30.6 Å². The molecule has 1 N–H and O–H groups in total. The Morgan fingerprint density at radius 2 is 2.14 bits per heavy atom. The molecule has 29 heavy (non-hydrogen) atoms. The van der Waals surface area contributed by atoms with Gasteiger partial charge in [-0.3, -0.25) is 4.31 Å². The Bertz CT molecular complexity index is 1230. The number of hydrogen-bond donors (Lipinski definition) is 1. The van der Waals surface area contributed by atoms with Crippen molar-refractivity contribution in [2.45, 2.75) is 4.90 Å². The summed E-state index contributed by atoms with van der Waals surface area (Å²) in [6, 6.07) is 10.8. The number of ether oxygens (including phenoxy) is 1. The van der Waals surface area contributed by atoms with Gasteiger partial charge in [0.05, 0.1) is 28.5 Å². The van der Waals surface area contributed by atoms with Gasteiger partial charge < -0.3 is 10.1 Å². The summed E-state index contributed by atoms with van der Waals surface area (Å²) in [6.07, 6.45) is 0. The van der Waals surface area contributed by atoms with E-state index in [0.717, 1.165) is 6.07 Å². The van der Waals surface area contributed by atoms with E-state index in [1.807, 2.05) is 6.07 Å². The Balaban J connectivity index is 1.78. The minimum absolute atomic E-state index is 0.0920. The minimum Gasteiger partial charge on any atom is -0.489 e. The molecule has 0 aliphatic carbocycles. The van der Waals surface area contributed by atoms with Crippen LogP contribution in [0.3, 0.4) is 0 Å². The standard InChI is InChI=1S/C19H15FN4O3S2/c1-22-15-4-3-13(9-14(15)20)29(25,26)24-6-7-27-18-5-2-12(8-17(18)24)16-11-28-19(10-21)23-16/h2-5,8-9,11,22H,6-7H2,1H3. The van der Waals surface area contributed by atoms with E-state index in [9.17, 15) is 12.8 Å². The molecule has 148 valence electrons. The Hall–Kier alpha value is -3.16. The van der Waals surface area contributed by atoms with E-state index in [1.165, 1.54) is 27.8 Å². The molecule has 2 aromatic carbocycles. The third kappa shape index (κ3) is 3.39. The summed E-state index contributed by atoms with van der Waals surface area (Å²) in [5.74, 6) is -0.242. The highest BCUT2D eigenvalue weighted by molar-refractivity contribution is 7.92. The molecule has 4 rings (SSSR count). The van der Waals surface area contributed by atoms with Crippen LogP contribution in [0, 0.1) is 17.1 Å². The van der Waals surface area contributed by atoms with E-state index in [0.29, 0.717) is 27.7 Å². The SMILES string of the molecule is CNc1ccc(S(=O)(=O)N2CCOc3ccc(-c4csc(C#N)n4)cc32)cc1F. The van der Waals surface area contributed by atoms with E-state index in [-0.39, 0.29) is 23.7 Å². The molecule has 7 nitrogen and oxygen atoms in total. The van der Waals surface area contributed by atoms with Crippen LogP contribution in [0.1, 0.15) is 5.01 Å². The first-order chi connectivity index (χ1) is 13.9. The van der Waals surface area contributed by atoms with Crippen molar-refractivity contribution in [1.82, 2.24) is 4.98 Å². The molecule has 3 aromatic rings. The van der Waals surface area contributed by atoms with Gasteiger partial charge in [-0.25, -0.2) is 17.8 Å². The van der Waals surface area contributed by atoms with Crippen LogP contribution < -0.4 is 14.4 Å². The smallest absolute Gasteiger partial charge is 0.264 e. The number of rotatable bonds is 4. The second-order valence-electron chi connectivity index (χ2n) is 6.15. The Labute approximate surface area is 171 Å². The number of thiazole rings is 1. The number of sulfonamides is 1. The van der Waals surface area contributed by atoms with E-state index in [2.05, 4.69) is 10.3 Å². The second kappa shape index (κ2) is 7.35. The van der Waals surface area contributed by atoms with Gasteiger partial charge in [0.25, 0.3) is 10.0 Å². The highest BCUT2D eigenvalue weighted by Crippen LogP contribution is 2.39. The van der Waals surface area contributed by atoms with Crippen molar-refractivity contribution < 1.29 is 17.5 Å². The molecule has 1 aromatic heterocycles. The van der Waals surface area contributed by atoms with Crippen LogP contribution >= 0.6 is 11.3 Å². The topological polar surface area (TPSA) is 95.3 Å². The normalized spacial score (nSPS) is 13.3. The van der Waals surface area contributed by atoms with Gasteiger partial charge in [0, 0.05) is 18.0 Å². The number of nitrogens with one attached hydrogen (secondary N) is 1. The van der Waals surface area contributed by atoms with Crippen LogP contribution in [-0.4, -0.2) is 33.6 Å². The fourth-order valence-electron chi connectivity index (χ4n) is 3.05. The zero-order valence-corrected chi connectivity index (χ0v) is 16.8. The van der Waals surface area contributed by atoms with E-state index in [4.69, 9.17) is 10.00 Å². The van der Waals surface area contributed by atoms with Crippen molar-refractivity contribution in [2.75, 3.05) is 29.8 Å². The van der Waals surface area contributed by atoms with Gasteiger partial charge in [0.1, 0.15) is 24.2 Å². The number of anilines is 2. The van der Waals surface area contributed by atoms with Crippen molar-refractivity contribution in [3.8, 4) is 23.1 Å². The molecule has 1 aliphatic rings. The van der Waals surface area contributed by atoms with Crippen LogP contribution in [0.2, 0.25) is 0 Å². The predicted octanol–water partition coefficient (Wildman–Crippen LogP) is 3.45. The molecular weight excluding hydrogens is 415 g/mol. The molecule has 0 saturated heterocycles. The molecule has 0 saturated carbocycles. The summed E-state index contributed by atoms with van der Waals surface area (Å²) in [5, 5.41) is 13.7. The quantitative estimate of drug-likeness (QED) is 0.681. The summed E-state index contributed by atoms with van der Waals surface area (Å²) in [7, 11) is -2.45. The maximum absolute atomic E-state index is 14.2. The fraction of sp³-hybridized carbons (Fsp3) is 0.158. The number of nitrogens with zero attached hydrogens (tertiary/aromatic N) is 3. The maximum Gasteiger partial charge on any atom is 0.264 e. The second-order valence-corrected chi connectivity index (χ2v) is 8.87. The zero-order valence-electron chi connectivity index (χ0n) is 15.2. The van der Waals surface area contributed by atoms with Crippen LogP contribution in [0.25, 0.3) is 11.3 Å². The van der Waals surface area contributed by atoms with Gasteiger partial charge >= 0.3 is 0 Å². The first-order valence-corrected chi connectivity index (χ1v) is 10.9. The molecule has 0 unspecified atom stereocenters. The van der Waals surface area contributed by atoms with Crippen molar-refractivity contribution in [3.05, 3.63) is 52.6 Å². The molecule has 1 aliphatic heterocycles. The number of fused-ring (bicyclic) bond motifs is 1. The van der Waals surface area contributed by atoms with Gasteiger partial charge in [-0.2, -0.15) is 5.26 Å². The van der Waals surface area contributed by atoms with Crippen molar-refractivity contribution in [1.29, 1.82) is 5.26 Å². The predicted molar refractivity (Wildman–Crippen MR) is 108 cm³/mol. The highest BCUT2D eigenvalue weighted by atomic mass is 32.2. The van der Waals surface area contributed by atoms with Crippen LogP contribution in [0.15, 0.2) is 46.7 Å². The first kappa shape index (κ1) is 19.2. The number of aromatic nitrogens is 1.